The van der Waals surface area contributed by atoms with Gasteiger partial charge in [0.05, 0.1) is 6.26 Å². The number of rotatable bonds is 6. The summed E-state index contributed by atoms with van der Waals surface area (Å²) in [7, 11) is 0. The summed E-state index contributed by atoms with van der Waals surface area (Å²) < 4.78 is 5.04. The van der Waals surface area contributed by atoms with E-state index >= 15 is 0 Å². The monoisotopic (exact) mass is 348 g/mol. The molecule has 1 unspecified atom stereocenters. The van der Waals surface area contributed by atoms with Gasteiger partial charge >= 0.3 is 0 Å². The summed E-state index contributed by atoms with van der Waals surface area (Å²) in [5, 5.41) is 5.52. The Morgan fingerprint density at radius 1 is 0.962 bits per heavy atom. The Labute approximate surface area is 152 Å². The molecule has 2 aromatic carbocycles. The van der Waals surface area contributed by atoms with Crippen LogP contribution in [-0.2, 0) is 11.2 Å². The third-order valence-corrected chi connectivity index (χ3v) is 4.00. The van der Waals surface area contributed by atoms with Crippen molar-refractivity contribution in [3.05, 3.63) is 89.9 Å². The van der Waals surface area contributed by atoms with Crippen LogP contribution in [-0.4, -0.2) is 17.9 Å². The van der Waals surface area contributed by atoms with Crippen LogP contribution >= 0.6 is 0 Å². The van der Waals surface area contributed by atoms with E-state index in [0.717, 1.165) is 16.8 Å². The fourth-order valence-corrected chi connectivity index (χ4v) is 2.59. The molecule has 3 rings (SSSR count). The lowest BCUT2D eigenvalue weighted by molar-refractivity contribution is -0.117. The van der Waals surface area contributed by atoms with E-state index in [1.54, 1.807) is 19.1 Å². The van der Waals surface area contributed by atoms with Gasteiger partial charge in [0.25, 0.3) is 5.91 Å². The molecule has 0 bridgehead atoms. The maximum atomic E-state index is 12.5. The summed E-state index contributed by atoms with van der Waals surface area (Å²) in [6.45, 7) is 1.63. The number of furan rings is 1. The summed E-state index contributed by atoms with van der Waals surface area (Å²) in [5.74, 6) is -0.533. The predicted molar refractivity (Wildman–Crippen MR) is 100.0 cm³/mol. The van der Waals surface area contributed by atoms with E-state index in [0.29, 0.717) is 6.42 Å². The van der Waals surface area contributed by atoms with Gasteiger partial charge in [0, 0.05) is 5.69 Å². The van der Waals surface area contributed by atoms with Crippen molar-refractivity contribution in [2.75, 3.05) is 5.32 Å². The standard InChI is InChI=1S/C21H20N2O3/c1-15(22-21(25)19-12-7-13-26-19)20(24)23-18-11-6-5-10-17(18)14-16-8-3-2-4-9-16/h2-13,15H,14H2,1H3,(H,22,25)(H,23,24). The zero-order chi connectivity index (χ0) is 18.4. The molecule has 1 atom stereocenters. The minimum absolute atomic E-state index is 0.175. The lowest BCUT2D eigenvalue weighted by Gasteiger charge is -2.16. The Hall–Kier alpha value is -3.34. The molecule has 0 aliphatic rings. The molecule has 0 saturated heterocycles. The van der Waals surface area contributed by atoms with Crippen molar-refractivity contribution in [3.63, 3.8) is 0 Å². The van der Waals surface area contributed by atoms with Gasteiger partial charge in [-0.25, -0.2) is 0 Å². The van der Waals surface area contributed by atoms with Crippen LogP contribution in [0.15, 0.2) is 77.4 Å². The highest BCUT2D eigenvalue weighted by Crippen LogP contribution is 2.19. The Kier molecular flexibility index (Phi) is 5.49. The average Bonchev–Trinajstić information content (AvgIpc) is 3.19. The molecule has 2 amide bonds. The molecule has 26 heavy (non-hydrogen) atoms. The summed E-state index contributed by atoms with van der Waals surface area (Å²) in [6.07, 6.45) is 2.13. The van der Waals surface area contributed by atoms with Gasteiger partial charge in [-0.2, -0.15) is 0 Å². The van der Waals surface area contributed by atoms with Crippen LogP contribution in [0.3, 0.4) is 0 Å². The minimum atomic E-state index is -0.697. The Balaban J connectivity index is 1.66. The van der Waals surface area contributed by atoms with Crippen molar-refractivity contribution in [1.82, 2.24) is 5.32 Å². The van der Waals surface area contributed by atoms with Gasteiger partial charge in [0.15, 0.2) is 5.76 Å². The number of hydrogen-bond donors (Lipinski definition) is 2. The smallest absolute Gasteiger partial charge is 0.287 e. The molecular weight excluding hydrogens is 328 g/mol. The number of benzene rings is 2. The van der Waals surface area contributed by atoms with E-state index in [9.17, 15) is 9.59 Å². The topological polar surface area (TPSA) is 71.3 Å². The molecular formula is C21H20N2O3. The van der Waals surface area contributed by atoms with Gasteiger partial charge in [0.1, 0.15) is 6.04 Å². The van der Waals surface area contributed by atoms with Crippen molar-refractivity contribution >= 4 is 17.5 Å². The Morgan fingerprint density at radius 2 is 1.69 bits per heavy atom. The van der Waals surface area contributed by atoms with Crippen LogP contribution in [0.25, 0.3) is 0 Å². The third kappa shape index (κ3) is 4.39. The average molecular weight is 348 g/mol. The largest absolute Gasteiger partial charge is 0.459 e. The van der Waals surface area contributed by atoms with Crippen LogP contribution in [0.4, 0.5) is 5.69 Å². The molecule has 0 aliphatic heterocycles. The van der Waals surface area contributed by atoms with Crippen molar-refractivity contribution in [3.8, 4) is 0 Å². The van der Waals surface area contributed by atoms with Crippen molar-refractivity contribution in [2.45, 2.75) is 19.4 Å². The maximum absolute atomic E-state index is 12.5. The fraction of sp³-hybridized carbons (Fsp3) is 0.143. The molecule has 2 N–H and O–H groups in total. The molecule has 0 spiro atoms. The number of carbonyl (C=O) groups excluding carboxylic acids is 2. The minimum Gasteiger partial charge on any atom is -0.459 e. The van der Waals surface area contributed by atoms with E-state index in [-0.39, 0.29) is 11.7 Å². The van der Waals surface area contributed by atoms with Gasteiger partial charge in [-0.1, -0.05) is 48.5 Å². The normalized spacial score (nSPS) is 11.6. The van der Waals surface area contributed by atoms with Crippen LogP contribution in [0, 0.1) is 0 Å². The van der Waals surface area contributed by atoms with Gasteiger partial charge in [-0.15, -0.1) is 0 Å². The molecule has 5 nitrogen and oxygen atoms in total. The molecule has 0 radical (unpaired) electrons. The number of para-hydroxylation sites is 1. The van der Waals surface area contributed by atoms with Gasteiger partial charge in [-0.05, 0) is 42.7 Å². The summed E-state index contributed by atoms with van der Waals surface area (Å²) >= 11 is 0. The van der Waals surface area contributed by atoms with Crippen molar-refractivity contribution in [2.24, 2.45) is 0 Å². The number of amides is 2. The SMILES string of the molecule is CC(NC(=O)c1ccco1)C(=O)Nc1ccccc1Cc1ccccc1. The van der Waals surface area contributed by atoms with Crippen LogP contribution in [0.2, 0.25) is 0 Å². The second kappa shape index (κ2) is 8.16. The molecule has 0 saturated carbocycles. The van der Waals surface area contributed by atoms with E-state index < -0.39 is 11.9 Å². The highest BCUT2D eigenvalue weighted by molar-refractivity contribution is 6.00. The van der Waals surface area contributed by atoms with E-state index in [2.05, 4.69) is 10.6 Å². The lowest BCUT2D eigenvalue weighted by atomic mass is 10.0. The predicted octanol–water partition coefficient (Wildman–Crippen LogP) is 3.63. The fourth-order valence-electron chi connectivity index (χ4n) is 2.59. The second-order valence-electron chi connectivity index (χ2n) is 5.98. The van der Waals surface area contributed by atoms with E-state index in [4.69, 9.17) is 4.42 Å². The molecule has 132 valence electrons. The first-order chi connectivity index (χ1) is 12.6. The van der Waals surface area contributed by atoms with E-state index in [1.165, 1.54) is 6.26 Å². The van der Waals surface area contributed by atoms with Gasteiger partial charge in [0.2, 0.25) is 5.91 Å². The first-order valence-electron chi connectivity index (χ1n) is 8.40. The number of hydrogen-bond acceptors (Lipinski definition) is 3. The number of carbonyl (C=O) groups is 2. The summed E-state index contributed by atoms with van der Waals surface area (Å²) in [5.41, 5.74) is 2.91. The number of nitrogens with one attached hydrogen (secondary N) is 2. The highest BCUT2D eigenvalue weighted by atomic mass is 16.3. The molecule has 1 heterocycles. The lowest BCUT2D eigenvalue weighted by Crippen LogP contribution is -2.41. The molecule has 1 aromatic heterocycles. The first-order valence-corrected chi connectivity index (χ1v) is 8.40. The third-order valence-electron chi connectivity index (χ3n) is 4.00. The summed E-state index contributed by atoms with van der Waals surface area (Å²) in [4.78, 5) is 24.5. The van der Waals surface area contributed by atoms with E-state index in [1.807, 2.05) is 54.6 Å². The molecule has 0 aliphatic carbocycles. The molecule has 5 heteroatoms. The van der Waals surface area contributed by atoms with Gasteiger partial charge < -0.3 is 15.1 Å². The van der Waals surface area contributed by atoms with Crippen LogP contribution in [0.5, 0.6) is 0 Å². The van der Waals surface area contributed by atoms with Crippen molar-refractivity contribution < 1.29 is 14.0 Å². The zero-order valence-electron chi connectivity index (χ0n) is 14.4. The summed E-state index contributed by atoms with van der Waals surface area (Å²) in [6, 6.07) is 20.2. The quantitative estimate of drug-likeness (QED) is 0.714. The second-order valence-corrected chi connectivity index (χ2v) is 5.98. The zero-order valence-corrected chi connectivity index (χ0v) is 14.4. The highest BCUT2D eigenvalue weighted by Gasteiger charge is 2.19. The van der Waals surface area contributed by atoms with Crippen LogP contribution in [0.1, 0.15) is 28.6 Å². The first kappa shape index (κ1) is 17.5. The Morgan fingerprint density at radius 3 is 2.42 bits per heavy atom. The number of anilines is 1. The van der Waals surface area contributed by atoms with Gasteiger partial charge in [-0.3, -0.25) is 9.59 Å². The van der Waals surface area contributed by atoms with Crippen LogP contribution < -0.4 is 10.6 Å². The molecule has 0 fully saturated rings. The maximum Gasteiger partial charge on any atom is 0.287 e. The van der Waals surface area contributed by atoms with Crippen molar-refractivity contribution in [1.29, 1.82) is 0 Å². The Bertz CT molecular complexity index is 873. The molecule has 3 aromatic rings.